The maximum atomic E-state index is 12.9. The number of hydrogen-bond acceptors (Lipinski definition) is 2. The van der Waals surface area contributed by atoms with E-state index in [1.165, 1.54) is 12.1 Å². The molecule has 0 aliphatic rings. The van der Waals surface area contributed by atoms with E-state index in [0.29, 0.717) is 5.56 Å². The van der Waals surface area contributed by atoms with Crippen molar-refractivity contribution in [1.29, 1.82) is 0 Å². The molecule has 3 nitrogen and oxygen atoms in total. The maximum absolute atomic E-state index is 12.9. The van der Waals surface area contributed by atoms with Gasteiger partial charge in [0, 0.05) is 5.69 Å². The monoisotopic (exact) mass is 259 g/mol. The molecule has 19 heavy (non-hydrogen) atoms. The van der Waals surface area contributed by atoms with Crippen molar-refractivity contribution in [1.82, 2.24) is 0 Å². The zero-order valence-electron chi connectivity index (χ0n) is 10.3. The fraction of sp³-hybridized carbons (Fsp3) is 0.133. The molecule has 0 bridgehead atoms. The fourth-order valence-electron chi connectivity index (χ4n) is 1.61. The standard InChI is InChI=1S/C15H14FNO2/c16-13-6-4-5-12(9-13)10-19-11-15(18)17-14-7-2-1-3-8-14/h1-9H,10-11H2,(H,17,18). The molecule has 2 aromatic carbocycles. The molecule has 2 aromatic rings. The summed E-state index contributed by atoms with van der Waals surface area (Å²) in [7, 11) is 0. The normalized spacial score (nSPS) is 10.2. The quantitative estimate of drug-likeness (QED) is 0.896. The van der Waals surface area contributed by atoms with Crippen molar-refractivity contribution >= 4 is 11.6 Å². The number of carbonyl (C=O) groups is 1. The van der Waals surface area contributed by atoms with E-state index in [1.807, 2.05) is 18.2 Å². The van der Waals surface area contributed by atoms with Crippen LogP contribution in [0, 0.1) is 5.82 Å². The van der Waals surface area contributed by atoms with Crippen LogP contribution in [0.5, 0.6) is 0 Å². The van der Waals surface area contributed by atoms with Crippen molar-refractivity contribution < 1.29 is 13.9 Å². The molecule has 0 radical (unpaired) electrons. The second-order valence-electron chi connectivity index (χ2n) is 4.04. The molecule has 98 valence electrons. The molecule has 0 fully saturated rings. The molecular weight excluding hydrogens is 245 g/mol. The number of carbonyl (C=O) groups excluding carboxylic acids is 1. The molecule has 0 atom stereocenters. The first kappa shape index (κ1) is 13.2. The first-order valence-corrected chi connectivity index (χ1v) is 5.91. The number of benzene rings is 2. The number of rotatable bonds is 5. The van der Waals surface area contributed by atoms with Crippen molar-refractivity contribution in [2.75, 3.05) is 11.9 Å². The average molecular weight is 259 g/mol. The number of nitrogens with one attached hydrogen (secondary N) is 1. The van der Waals surface area contributed by atoms with E-state index in [2.05, 4.69) is 5.32 Å². The van der Waals surface area contributed by atoms with E-state index in [9.17, 15) is 9.18 Å². The highest BCUT2D eigenvalue weighted by atomic mass is 19.1. The van der Waals surface area contributed by atoms with Crippen LogP contribution < -0.4 is 5.32 Å². The molecule has 0 aliphatic heterocycles. The van der Waals surface area contributed by atoms with E-state index in [-0.39, 0.29) is 24.9 Å². The second kappa shape index (κ2) is 6.66. The number of para-hydroxylation sites is 1. The summed E-state index contributed by atoms with van der Waals surface area (Å²) < 4.78 is 18.1. The molecule has 2 rings (SSSR count). The van der Waals surface area contributed by atoms with Gasteiger partial charge in [-0.05, 0) is 29.8 Å². The van der Waals surface area contributed by atoms with Gasteiger partial charge < -0.3 is 10.1 Å². The van der Waals surface area contributed by atoms with Crippen LogP contribution in [0.1, 0.15) is 5.56 Å². The SMILES string of the molecule is O=C(COCc1cccc(F)c1)Nc1ccccc1. The number of anilines is 1. The minimum absolute atomic E-state index is 0.0641. The van der Waals surface area contributed by atoms with Crippen LogP contribution in [0.4, 0.5) is 10.1 Å². The van der Waals surface area contributed by atoms with Gasteiger partial charge >= 0.3 is 0 Å². The van der Waals surface area contributed by atoms with Crippen LogP contribution >= 0.6 is 0 Å². The number of amides is 1. The third kappa shape index (κ3) is 4.52. The van der Waals surface area contributed by atoms with Crippen molar-refractivity contribution in [3.63, 3.8) is 0 Å². The number of hydrogen-bond donors (Lipinski definition) is 1. The van der Waals surface area contributed by atoms with Crippen LogP contribution in [0.15, 0.2) is 54.6 Å². The zero-order chi connectivity index (χ0) is 13.5. The summed E-state index contributed by atoms with van der Waals surface area (Å²) >= 11 is 0. The third-order valence-electron chi connectivity index (χ3n) is 2.45. The van der Waals surface area contributed by atoms with E-state index in [1.54, 1.807) is 24.3 Å². The molecule has 0 spiro atoms. The van der Waals surface area contributed by atoms with Crippen LogP contribution in [0.2, 0.25) is 0 Å². The first-order chi connectivity index (χ1) is 9.24. The van der Waals surface area contributed by atoms with Gasteiger partial charge in [-0.3, -0.25) is 4.79 Å². The molecule has 0 unspecified atom stereocenters. The summed E-state index contributed by atoms with van der Waals surface area (Å²) in [6, 6.07) is 15.2. The van der Waals surface area contributed by atoms with Crippen LogP contribution in [-0.2, 0) is 16.1 Å². The molecular formula is C15H14FNO2. The Hall–Kier alpha value is -2.20. The molecule has 0 aliphatic carbocycles. The smallest absolute Gasteiger partial charge is 0.250 e. The Labute approximate surface area is 111 Å². The Kier molecular flexibility index (Phi) is 4.64. The molecule has 0 aromatic heterocycles. The third-order valence-corrected chi connectivity index (χ3v) is 2.45. The summed E-state index contributed by atoms with van der Waals surface area (Å²) in [6.45, 7) is 0.144. The van der Waals surface area contributed by atoms with Crippen LogP contribution in [-0.4, -0.2) is 12.5 Å². The zero-order valence-corrected chi connectivity index (χ0v) is 10.3. The fourth-order valence-corrected chi connectivity index (χ4v) is 1.61. The molecule has 1 amide bonds. The molecule has 4 heteroatoms. The lowest BCUT2D eigenvalue weighted by atomic mass is 10.2. The van der Waals surface area contributed by atoms with Gasteiger partial charge in [-0.15, -0.1) is 0 Å². The Morgan fingerprint density at radius 2 is 1.89 bits per heavy atom. The van der Waals surface area contributed by atoms with Gasteiger partial charge in [0.25, 0.3) is 0 Å². The number of halogens is 1. The summed E-state index contributed by atoms with van der Waals surface area (Å²) in [5, 5.41) is 2.70. The minimum Gasteiger partial charge on any atom is -0.367 e. The lowest BCUT2D eigenvalue weighted by molar-refractivity contribution is -0.121. The van der Waals surface area contributed by atoms with Gasteiger partial charge in [0.2, 0.25) is 5.91 Å². The second-order valence-corrected chi connectivity index (χ2v) is 4.04. The van der Waals surface area contributed by atoms with Gasteiger partial charge in [-0.25, -0.2) is 4.39 Å². The molecule has 0 heterocycles. The van der Waals surface area contributed by atoms with Crippen molar-refractivity contribution in [3.05, 3.63) is 66.0 Å². The molecule has 1 N–H and O–H groups in total. The van der Waals surface area contributed by atoms with Crippen molar-refractivity contribution in [3.8, 4) is 0 Å². The molecule has 0 saturated carbocycles. The summed E-state index contributed by atoms with van der Waals surface area (Å²) in [6.07, 6.45) is 0. The summed E-state index contributed by atoms with van der Waals surface area (Å²) in [5.41, 5.74) is 1.43. The maximum Gasteiger partial charge on any atom is 0.250 e. The summed E-state index contributed by atoms with van der Waals surface area (Å²) in [4.78, 5) is 11.6. The largest absolute Gasteiger partial charge is 0.367 e. The minimum atomic E-state index is -0.310. The van der Waals surface area contributed by atoms with E-state index >= 15 is 0 Å². The van der Waals surface area contributed by atoms with E-state index < -0.39 is 0 Å². The van der Waals surface area contributed by atoms with Gasteiger partial charge in [0.1, 0.15) is 12.4 Å². The average Bonchev–Trinajstić information content (AvgIpc) is 2.40. The Balaban J connectivity index is 1.75. The van der Waals surface area contributed by atoms with Gasteiger partial charge in [0.15, 0.2) is 0 Å². The first-order valence-electron chi connectivity index (χ1n) is 5.91. The predicted octanol–water partition coefficient (Wildman–Crippen LogP) is 2.98. The highest BCUT2D eigenvalue weighted by molar-refractivity contribution is 5.91. The van der Waals surface area contributed by atoms with Gasteiger partial charge in [-0.2, -0.15) is 0 Å². The van der Waals surface area contributed by atoms with E-state index in [0.717, 1.165) is 5.69 Å². The summed E-state index contributed by atoms with van der Waals surface area (Å²) in [5.74, 6) is -0.544. The number of ether oxygens (including phenoxy) is 1. The Morgan fingerprint density at radius 1 is 1.11 bits per heavy atom. The van der Waals surface area contributed by atoms with Crippen LogP contribution in [0.25, 0.3) is 0 Å². The Bertz CT molecular complexity index is 543. The Morgan fingerprint density at radius 3 is 2.63 bits per heavy atom. The predicted molar refractivity (Wildman–Crippen MR) is 71.1 cm³/mol. The molecule has 0 saturated heterocycles. The lowest BCUT2D eigenvalue weighted by Crippen LogP contribution is -2.18. The van der Waals surface area contributed by atoms with Crippen molar-refractivity contribution in [2.45, 2.75) is 6.61 Å². The van der Waals surface area contributed by atoms with Gasteiger partial charge in [0.05, 0.1) is 6.61 Å². The highest BCUT2D eigenvalue weighted by Crippen LogP contribution is 2.06. The lowest BCUT2D eigenvalue weighted by Gasteiger charge is -2.06. The van der Waals surface area contributed by atoms with Gasteiger partial charge in [-0.1, -0.05) is 30.3 Å². The van der Waals surface area contributed by atoms with E-state index in [4.69, 9.17) is 4.74 Å². The highest BCUT2D eigenvalue weighted by Gasteiger charge is 2.02. The topological polar surface area (TPSA) is 38.3 Å². The van der Waals surface area contributed by atoms with Crippen molar-refractivity contribution in [2.24, 2.45) is 0 Å². The van der Waals surface area contributed by atoms with Crippen LogP contribution in [0.3, 0.4) is 0 Å².